The van der Waals surface area contributed by atoms with Gasteiger partial charge in [-0.1, -0.05) is 104 Å². The van der Waals surface area contributed by atoms with Gasteiger partial charge in [0.2, 0.25) is 11.8 Å². The van der Waals surface area contributed by atoms with Crippen LogP contribution in [0.5, 0.6) is 0 Å². The normalized spacial score (nSPS) is 11.8. The number of thioether (sulfide) groups is 1. The number of halogens is 2. The molecule has 7 heteroatoms. The molecule has 37 heavy (non-hydrogen) atoms. The average Bonchev–Trinajstić information content (AvgIpc) is 2.90. The Morgan fingerprint density at radius 1 is 0.865 bits per heavy atom. The highest BCUT2D eigenvalue weighted by Crippen LogP contribution is 2.25. The first kappa shape index (κ1) is 29.1. The summed E-state index contributed by atoms with van der Waals surface area (Å²) in [6.45, 7) is 4.92. The molecule has 0 aliphatic carbocycles. The van der Waals surface area contributed by atoms with Gasteiger partial charge in [0.25, 0.3) is 0 Å². The van der Waals surface area contributed by atoms with E-state index < -0.39 is 6.04 Å². The summed E-state index contributed by atoms with van der Waals surface area (Å²) < 4.78 is 0. The SMILES string of the molecule is CC(C)CNC(=O)C(Cc1ccccc1)N(Cc1ccc(Cl)c(Cl)c1)C(=O)CCSCc1ccccc1. The highest BCUT2D eigenvalue weighted by molar-refractivity contribution is 7.98. The van der Waals surface area contributed by atoms with Gasteiger partial charge in [-0.05, 0) is 34.7 Å². The summed E-state index contributed by atoms with van der Waals surface area (Å²) in [4.78, 5) is 28.8. The lowest BCUT2D eigenvalue weighted by Crippen LogP contribution is -2.51. The van der Waals surface area contributed by atoms with Gasteiger partial charge in [0.15, 0.2) is 0 Å². The van der Waals surface area contributed by atoms with Gasteiger partial charge in [0.05, 0.1) is 10.0 Å². The molecule has 1 atom stereocenters. The van der Waals surface area contributed by atoms with Gasteiger partial charge in [-0.3, -0.25) is 9.59 Å². The van der Waals surface area contributed by atoms with E-state index >= 15 is 0 Å². The molecule has 0 aliphatic heterocycles. The lowest BCUT2D eigenvalue weighted by atomic mass is 10.0. The van der Waals surface area contributed by atoms with Crippen molar-refractivity contribution in [1.82, 2.24) is 10.2 Å². The van der Waals surface area contributed by atoms with Crippen molar-refractivity contribution in [3.05, 3.63) is 106 Å². The lowest BCUT2D eigenvalue weighted by Gasteiger charge is -2.32. The van der Waals surface area contributed by atoms with Crippen LogP contribution in [0.4, 0.5) is 0 Å². The molecule has 0 aromatic heterocycles. The minimum absolute atomic E-state index is 0.0627. The molecular formula is C30H34Cl2N2O2S. The fraction of sp³-hybridized carbons (Fsp3) is 0.333. The van der Waals surface area contributed by atoms with Gasteiger partial charge in [-0.15, -0.1) is 0 Å². The lowest BCUT2D eigenvalue weighted by molar-refractivity contribution is -0.141. The minimum atomic E-state index is -0.651. The Kier molecular flexibility index (Phi) is 11.8. The molecule has 0 aliphatic rings. The maximum atomic E-state index is 13.7. The molecule has 3 aromatic rings. The Hall–Kier alpha value is -2.47. The van der Waals surface area contributed by atoms with Gasteiger partial charge in [-0.25, -0.2) is 0 Å². The standard InChI is InChI=1S/C30H34Cl2N2O2S/c1-22(2)19-33-30(36)28(18-23-9-5-3-6-10-23)34(20-25-13-14-26(31)27(32)17-25)29(35)15-16-37-21-24-11-7-4-8-12-24/h3-14,17,22,28H,15-16,18-21H2,1-2H3,(H,33,36). The molecule has 0 radical (unpaired) electrons. The fourth-order valence-electron chi connectivity index (χ4n) is 3.88. The van der Waals surface area contributed by atoms with Gasteiger partial charge >= 0.3 is 0 Å². The maximum absolute atomic E-state index is 13.7. The van der Waals surface area contributed by atoms with Crippen LogP contribution < -0.4 is 5.32 Å². The predicted octanol–water partition coefficient (Wildman–Crippen LogP) is 7.03. The molecule has 196 valence electrons. The van der Waals surface area contributed by atoms with E-state index in [4.69, 9.17) is 23.2 Å². The third-order valence-electron chi connectivity index (χ3n) is 5.86. The summed E-state index contributed by atoms with van der Waals surface area (Å²) in [6, 6.07) is 24.7. The van der Waals surface area contributed by atoms with Gasteiger partial charge < -0.3 is 10.2 Å². The van der Waals surface area contributed by atoms with Crippen molar-refractivity contribution in [2.75, 3.05) is 12.3 Å². The van der Waals surface area contributed by atoms with Crippen LogP contribution in [-0.4, -0.2) is 35.1 Å². The smallest absolute Gasteiger partial charge is 0.243 e. The Balaban J connectivity index is 1.81. The number of rotatable bonds is 13. The molecule has 0 spiro atoms. The van der Waals surface area contributed by atoms with E-state index in [0.29, 0.717) is 41.1 Å². The highest BCUT2D eigenvalue weighted by atomic mass is 35.5. The Morgan fingerprint density at radius 3 is 2.14 bits per heavy atom. The van der Waals surface area contributed by atoms with Crippen LogP contribution in [0.3, 0.4) is 0 Å². The number of hydrogen-bond donors (Lipinski definition) is 1. The van der Waals surface area contributed by atoms with E-state index in [9.17, 15) is 9.59 Å². The molecule has 0 saturated heterocycles. The van der Waals surface area contributed by atoms with Crippen LogP contribution in [-0.2, 0) is 28.3 Å². The molecule has 3 aromatic carbocycles. The van der Waals surface area contributed by atoms with E-state index in [-0.39, 0.29) is 18.4 Å². The Labute approximate surface area is 234 Å². The molecule has 4 nitrogen and oxygen atoms in total. The third kappa shape index (κ3) is 9.73. The van der Waals surface area contributed by atoms with Gasteiger partial charge in [-0.2, -0.15) is 11.8 Å². The second-order valence-corrected chi connectivity index (χ2v) is 11.3. The van der Waals surface area contributed by atoms with Crippen molar-refractivity contribution in [3.8, 4) is 0 Å². The summed E-state index contributed by atoms with van der Waals surface area (Å²) in [6.07, 6.45) is 0.760. The first-order valence-electron chi connectivity index (χ1n) is 12.5. The molecule has 1 unspecified atom stereocenters. The highest BCUT2D eigenvalue weighted by Gasteiger charge is 2.30. The van der Waals surface area contributed by atoms with Gasteiger partial charge in [0, 0.05) is 37.4 Å². The van der Waals surface area contributed by atoms with Crippen LogP contribution in [0.15, 0.2) is 78.9 Å². The quantitative estimate of drug-likeness (QED) is 0.230. The second kappa shape index (κ2) is 15.1. The van der Waals surface area contributed by atoms with Crippen molar-refractivity contribution < 1.29 is 9.59 Å². The van der Waals surface area contributed by atoms with Crippen LogP contribution in [0.25, 0.3) is 0 Å². The molecular weight excluding hydrogens is 523 g/mol. The van der Waals surface area contributed by atoms with E-state index in [2.05, 4.69) is 31.3 Å². The van der Waals surface area contributed by atoms with Gasteiger partial charge in [0.1, 0.15) is 6.04 Å². The topological polar surface area (TPSA) is 49.4 Å². The zero-order valence-corrected chi connectivity index (χ0v) is 23.7. The maximum Gasteiger partial charge on any atom is 0.243 e. The number of benzene rings is 3. The summed E-state index contributed by atoms with van der Waals surface area (Å²) in [7, 11) is 0. The van der Waals surface area contributed by atoms with Crippen molar-refractivity contribution in [2.24, 2.45) is 5.92 Å². The molecule has 1 N–H and O–H groups in total. The number of carbonyl (C=O) groups excluding carboxylic acids is 2. The second-order valence-electron chi connectivity index (χ2n) is 9.40. The molecule has 3 rings (SSSR count). The number of nitrogens with zero attached hydrogens (tertiary/aromatic N) is 1. The summed E-state index contributed by atoms with van der Waals surface area (Å²) in [5.74, 6) is 1.59. The number of amides is 2. The van der Waals surface area contributed by atoms with Crippen LogP contribution in [0, 0.1) is 5.92 Å². The van der Waals surface area contributed by atoms with Crippen molar-refractivity contribution in [3.63, 3.8) is 0 Å². The first-order valence-corrected chi connectivity index (χ1v) is 14.4. The first-order chi connectivity index (χ1) is 17.8. The molecule has 2 amide bonds. The Morgan fingerprint density at radius 2 is 1.51 bits per heavy atom. The third-order valence-corrected chi connectivity index (χ3v) is 7.63. The molecule has 0 bridgehead atoms. The zero-order chi connectivity index (χ0) is 26.6. The Bertz CT molecular complexity index is 1140. The number of carbonyl (C=O) groups is 2. The summed E-state index contributed by atoms with van der Waals surface area (Å²) in [5.41, 5.74) is 3.05. The number of nitrogens with one attached hydrogen (secondary N) is 1. The average molecular weight is 558 g/mol. The molecule has 0 fully saturated rings. The molecule has 0 heterocycles. The minimum Gasteiger partial charge on any atom is -0.354 e. The van der Waals surface area contributed by atoms with Crippen molar-refractivity contribution >= 4 is 46.8 Å². The monoisotopic (exact) mass is 556 g/mol. The van der Waals surface area contributed by atoms with Crippen molar-refractivity contribution in [2.45, 2.75) is 45.0 Å². The van der Waals surface area contributed by atoms with Crippen LogP contribution >= 0.6 is 35.0 Å². The van der Waals surface area contributed by atoms with E-state index in [0.717, 1.165) is 16.9 Å². The largest absolute Gasteiger partial charge is 0.354 e. The summed E-state index contributed by atoms with van der Waals surface area (Å²) in [5, 5.41) is 3.93. The van der Waals surface area contributed by atoms with E-state index in [1.807, 2.05) is 54.6 Å². The summed E-state index contributed by atoms with van der Waals surface area (Å²) >= 11 is 14.1. The number of hydrogen-bond acceptors (Lipinski definition) is 3. The predicted molar refractivity (Wildman–Crippen MR) is 156 cm³/mol. The molecule has 0 saturated carbocycles. The van der Waals surface area contributed by atoms with E-state index in [1.54, 1.807) is 28.8 Å². The fourth-order valence-corrected chi connectivity index (χ4v) is 5.09. The van der Waals surface area contributed by atoms with E-state index in [1.165, 1.54) is 5.56 Å². The van der Waals surface area contributed by atoms with Crippen LogP contribution in [0.1, 0.15) is 37.0 Å². The van der Waals surface area contributed by atoms with Crippen molar-refractivity contribution in [1.29, 1.82) is 0 Å². The zero-order valence-electron chi connectivity index (χ0n) is 21.3. The van der Waals surface area contributed by atoms with Crippen LogP contribution in [0.2, 0.25) is 10.0 Å².